The number of aromatic nitrogens is 1. The van der Waals surface area contributed by atoms with Crippen molar-refractivity contribution in [3.05, 3.63) is 224 Å². The van der Waals surface area contributed by atoms with Crippen molar-refractivity contribution in [1.82, 2.24) is 4.57 Å². The fourth-order valence-corrected chi connectivity index (χ4v) is 8.26. The molecular weight excluding hydrogens is 689 g/mol. The Morgan fingerprint density at radius 1 is 0.421 bits per heavy atom. The molecule has 2 heteroatoms. The van der Waals surface area contributed by atoms with Crippen molar-refractivity contribution in [2.75, 3.05) is 4.90 Å². The lowest BCUT2D eigenvalue weighted by Crippen LogP contribution is -2.09. The molecule has 9 aromatic rings. The van der Waals surface area contributed by atoms with Gasteiger partial charge in [0.25, 0.3) is 0 Å². The molecule has 2 nitrogen and oxygen atoms in total. The zero-order valence-electron chi connectivity index (χ0n) is 32.4. The van der Waals surface area contributed by atoms with Crippen molar-refractivity contribution >= 4 is 34.0 Å². The molecule has 0 spiro atoms. The van der Waals surface area contributed by atoms with Crippen molar-refractivity contribution in [1.29, 1.82) is 0 Å². The molecule has 0 saturated carbocycles. The Labute approximate surface area is 336 Å². The summed E-state index contributed by atoms with van der Waals surface area (Å²) in [6.07, 6.45) is 5.37. The van der Waals surface area contributed by atoms with Crippen LogP contribution in [0.5, 0.6) is 0 Å². The molecule has 0 radical (unpaired) electrons. The summed E-state index contributed by atoms with van der Waals surface area (Å²) in [5.41, 5.74) is 18.0. The molecule has 1 heterocycles. The van der Waals surface area contributed by atoms with Gasteiger partial charge in [0.1, 0.15) is 0 Å². The summed E-state index contributed by atoms with van der Waals surface area (Å²) in [6, 6.07) is 74.3. The number of fused-ring (bicyclic) bond motifs is 1. The summed E-state index contributed by atoms with van der Waals surface area (Å²) in [5.74, 6) is 0. The van der Waals surface area contributed by atoms with Crippen LogP contribution in [-0.2, 0) is 6.42 Å². The van der Waals surface area contributed by atoms with Gasteiger partial charge in [-0.25, -0.2) is 0 Å². The summed E-state index contributed by atoms with van der Waals surface area (Å²) in [5, 5.41) is 1.32. The van der Waals surface area contributed by atoms with E-state index < -0.39 is 0 Å². The maximum absolute atomic E-state index is 2.47. The fourth-order valence-electron chi connectivity index (χ4n) is 8.26. The Hall–Kier alpha value is -7.16. The highest BCUT2D eigenvalue weighted by Crippen LogP contribution is 2.41. The Balaban J connectivity index is 1.06. The summed E-state index contributed by atoms with van der Waals surface area (Å²) in [7, 11) is 0. The average Bonchev–Trinajstić information content (AvgIpc) is 3.61. The van der Waals surface area contributed by atoms with Gasteiger partial charge >= 0.3 is 0 Å². The van der Waals surface area contributed by atoms with Gasteiger partial charge in [-0.15, -0.1) is 0 Å². The molecule has 0 atom stereocenters. The predicted molar refractivity (Wildman–Crippen MR) is 244 cm³/mol. The molecule has 0 aliphatic heterocycles. The molecule has 0 aliphatic rings. The number of hydrogen-bond acceptors (Lipinski definition) is 1. The normalized spacial score (nSPS) is 11.3. The van der Waals surface area contributed by atoms with E-state index in [4.69, 9.17) is 0 Å². The van der Waals surface area contributed by atoms with Gasteiger partial charge in [-0.2, -0.15) is 0 Å². The van der Waals surface area contributed by atoms with Crippen LogP contribution in [0.1, 0.15) is 25.1 Å². The molecule has 0 N–H and O–H groups in total. The number of rotatable bonds is 10. The molecule has 57 heavy (non-hydrogen) atoms. The molecule has 274 valence electrons. The van der Waals surface area contributed by atoms with Crippen LogP contribution in [0.2, 0.25) is 0 Å². The first-order valence-electron chi connectivity index (χ1n) is 19.9. The first-order valence-corrected chi connectivity index (χ1v) is 19.9. The maximum Gasteiger partial charge on any atom is 0.0544 e. The number of nitrogens with zero attached hydrogens (tertiary/aromatic N) is 2. The van der Waals surface area contributed by atoms with Gasteiger partial charge in [-0.3, -0.25) is 0 Å². The van der Waals surface area contributed by atoms with E-state index >= 15 is 0 Å². The molecule has 0 unspecified atom stereocenters. The Morgan fingerprint density at radius 2 is 0.860 bits per heavy atom. The van der Waals surface area contributed by atoms with Gasteiger partial charge in [0.15, 0.2) is 0 Å². The first-order chi connectivity index (χ1) is 28.2. The number of para-hydroxylation sites is 2. The molecular formula is C55H44N2. The van der Waals surface area contributed by atoms with Crippen LogP contribution in [0, 0.1) is 0 Å². The van der Waals surface area contributed by atoms with E-state index in [1.54, 1.807) is 0 Å². The minimum absolute atomic E-state index is 0.937. The van der Waals surface area contributed by atoms with Gasteiger partial charge in [-0.05, 0) is 112 Å². The van der Waals surface area contributed by atoms with Crippen LogP contribution in [0.3, 0.4) is 0 Å². The molecule has 1 aromatic heterocycles. The van der Waals surface area contributed by atoms with E-state index in [2.05, 4.69) is 242 Å². The number of allylic oxidation sites excluding steroid dienone is 1. The van der Waals surface area contributed by atoms with Crippen molar-refractivity contribution in [3.63, 3.8) is 0 Å². The van der Waals surface area contributed by atoms with Gasteiger partial charge in [-0.1, -0.05) is 171 Å². The smallest absolute Gasteiger partial charge is 0.0544 e. The molecule has 0 aliphatic carbocycles. The van der Waals surface area contributed by atoms with E-state index in [9.17, 15) is 0 Å². The van der Waals surface area contributed by atoms with E-state index in [1.165, 1.54) is 72.4 Å². The van der Waals surface area contributed by atoms with Gasteiger partial charge < -0.3 is 9.47 Å². The standard InChI is InChI=1S/C55H44N2/c1-3-17-52-49(4-2)55-51(44-20-10-6-11-21-44)25-16-27-54(55)57(52)53-26-15-14-24-50(53)45-30-28-41(29-31-45)43-34-38-48(39-35-43)56(46-22-12-7-13-23-46)47-36-32-42(33-37-47)40-18-8-5-9-19-40/h3,5-39H,4H2,1-2H3/b17-3-. The molecule has 8 aromatic carbocycles. The van der Waals surface area contributed by atoms with Crippen LogP contribution in [0.15, 0.2) is 212 Å². The monoisotopic (exact) mass is 732 g/mol. The van der Waals surface area contributed by atoms with Crippen LogP contribution in [0.4, 0.5) is 17.1 Å². The summed E-state index contributed by atoms with van der Waals surface area (Å²) >= 11 is 0. The predicted octanol–water partition coefficient (Wildman–Crippen LogP) is 15.4. The number of anilines is 3. The third-order valence-electron chi connectivity index (χ3n) is 10.9. The molecule has 0 saturated heterocycles. The zero-order chi connectivity index (χ0) is 38.6. The minimum Gasteiger partial charge on any atom is -0.311 e. The second-order valence-electron chi connectivity index (χ2n) is 14.3. The molecule has 0 amide bonds. The van der Waals surface area contributed by atoms with Crippen LogP contribution in [0.25, 0.3) is 67.2 Å². The maximum atomic E-state index is 2.47. The van der Waals surface area contributed by atoms with Crippen molar-refractivity contribution in [3.8, 4) is 50.2 Å². The van der Waals surface area contributed by atoms with Crippen molar-refractivity contribution < 1.29 is 0 Å². The Kier molecular flexibility index (Phi) is 9.91. The SMILES string of the molecule is C/C=C\c1c(CC)c2c(-c3ccccc3)cccc2n1-c1ccccc1-c1ccc(-c2ccc(N(c3ccccc3)c3ccc(-c4ccccc4)cc3)cc2)cc1. The summed E-state index contributed by atoms with van der Waals surface area (Å²) in [6.45, 7) is 4.38. The highest BCUT2D eigenvalue weighted by atomic mass is 15.1. The highest BCUT2D eigenvalue weighted by molar-refractivity contribution is 6.02. The van der Waals surface area contributed by atoms with E-state index in [-0.39, 0.29) is 0 Å². The lowest BCUT2D eigenvalue weighted by atomic mass is 9.97. The largest absolute Gasteiger partial charge is 0.311 e. The first kappa shape index (κ1) is 35.5. The molecule has 0 bridgehead atoms. The van der Waals surface area contributed by atoms with Crippen LogP contribution >= 0.6 is 0 Å². The fraction of sp³-hybridized carbons (Fsp3) is 0.0545. The highest BCUT2D eigenvalue weighted by Gasteiger charge is 2.21. The molecule has 0 fully saturated rings. The molecule has 9 rings (SSSR count). The zero-order valence-corrected chi connectivity index (χ0v) is 32.4. The lowest BCUT2D eigenvalue weighted by Gasteiger charge is -2.26. The minimum atomic E-state index is 0.937. The van der Waals surface area contributed by atoms with Gasteiger partial charge in [0.05, 0.1) is 11.2 Å². The van der Waals surface area contributed by atoms with Gasteiger partial charge in [0.2, 0.25) is 0 Å². The second-order valence-corrected chi connectivity index (χ2v) is 14.3. The number of benzene rings is 8. The quantitative estimate of drug-likeness (QED) is 0.136. The topological polar surface area (TPSA) is 8.17 Å². The Morgan fingerprint density at radius 3 is 1.44 bits per heavy atom. The second kappa shape index (κ2) is 15.9. The van der Waals surface area contributed by atoms with Crippen molar-refractivity contribution in [2.24, 2.45) is 0 Å². The van der Waals surface area contributed by atoms with E-state index in [1.807, 2.05) is 0 Å². The average molecular weight is 733 g/mol. The summed E-state index contributed by atoms with van der Waals surface area (Å²) < 4.78 is 2.47. The lowest BCUT2D eigenvalue weighted by molar-refractivity contribution is 1.06. The van der Waals surface area contributed by atoms with Crippen LogP contribution < -0.4 is 4.90 Å². The Bertz CT molecular complexity index is 2780. The van der Waals surface area contributed by atoms with Crippen LogP contribution in [-0.4, -0.2) is 4.57 Å². The van der Waals surface area contributed by atoms with E-state index in [0.29, 0.717) is 0 Å². The summed E-state index contributed by atoms with van der Waals surface area (Å²) in [4.78, 5) is 2.32. The number of hydrogen-bond donors (Lipinski definition) is 0. The third-order valence-corrected chi connectivity index (χ3v) is 10.9. The van der Waals surface area contributed by atoms with E-state index in [0.717, 1.165) is 23.5 Å². The van der Waals surface area contributed by atoms with Gasteiger partial charge in [0, 0.05) is 33.7 Å². The van der Waals surface area contributed by atoms with Crippen molar-refractivity contribution in [2.45, 2.75) is 20.3 Å². The third kappa shape index (κ3) is 6.88. The number of aryl methyl sites for hydroxylation is 1.